The fourth-order valence-electron chi connectivity index (χ4n) is 1.97. The molecule has 0 heterocycles. The summed E-state index contributed by atoms with van der Waals surface area (Å²) in [4.78, 5) is 11.9. The molecule has 1 amide bonds. The van der Waals surface area contributed by atoms with Gasteiger partial charge in [0.15, 0.2) is 0 Å². The van der Waals surface area contributed by atoms with E-state index in [4.69, 9.17) is 5.26 Å². The number of nitriles is 1. The van der Waals surface area contributed by atoms with Crippen LogP contribution in [0.3, 0.4) is 0 Å². The van der Waals surface area contributed by atoms with Gasteiger partial charge in [-0.2, -0.15) is 5.26 Å². The molecule has 0 spiro atoms. The summed E-state index contributed by atoms with van der Waals surface area (Å²) < 4.78 is 0. The first-order chi connectivity index (χ1) is 10.2. The zero-order chi connectivity index (χ0) is 15.1. The molecule has 2 aromatic carbocycles. The highest BCUT2D eigenvalue weighted by Gasteiger charge is 2.03. The lowest BCUT2D eigenvalue weighted by Gasteiger charge is -2.09. The molecule has 2 rings (SSSR count). The highest BCUT2D eigenvalue weighted by atomic mass is 16.1. The largest absolute Gasteiger partial charge is 0.384 e. The molecule has 0 aliphatic rings. The maximum atomic E-state index is 11.9. The van der Waals surface area contributed by atoms with Gasteiger partial charge in [0, 0.05) is 24.3 Å². The number of hydrogen-bond donors (Lipinski definition) is 2. The van der Waals surface area contributed by atoms with Gasteiger partial charge in [0.1, 0.15) is 0 Å². The predicted molar refractivity (Wildman–Crippen MR) is 84.1 cm³/mol. The summed E-state index contributed by atoms with van der Waals surface area (Å²) >= 11 is 0. The molecule has 0 aromatic heterocycles. The molecule has 0 unspecified atom stereocenters. The molecule has 21 heavy (non-hydrogen) atoms. The van der Waals surface area contributed by atoms with E-state index >= 15 is 0 Å². The number of hydrogen-bond acceptors (Lipinski definition) is 3. The third kappa shape index (κ3) is 4.36. The highest BCUT2D eigenvalue weighted by molar-refractivity contribution is 5.91. The number of aryl methyl sites for hydroxylation is 1. The van der Waals surface area contributed by atoms with Gasteiger partial charge < -0.3 is 10.6 Å². The number of carbonyl (C=O) groups is 1. The lowest BCUT2D eigenvalue weighted by atomic mass is 10.2. The summed E-state index contributed by atoms with van der Waals surface area (Å²) in [6.45, 7) is 2.59. The summed E-state index contributed by atoms with van der Waals surface area (Å²) in [7, 11) is 0. The molecule has 0 bridgehead atoms. The first kappa shape index (κ1) is 14.6. The Morgan fingerprint density at radius 2 is 2.00 bits per heavy atom. The first-order valence-electron chi connectivity index (χ1n) is 6.78. The molecular weight excluding hydrogens is 262 g/mol. The molecule has 0 radical (unpaired) electrons. The van der Waals surface area contributed by atoms with Crippen LogP contribution in [0.1, 0.15) is 17.5 Å². The van der Waals surface area contributed by atoms with Crippen LogP contribution < -0.4 is 10.6 Å². The molecular formula is C17H17N3O. The van der Waals surface area contributed by atoms with E-state index in [1.54, 1.807) is 24.3 Å². The number of carbonyl (C=O) groups excluding carboxylic acids is 1. The van der Waals surface area contributed by atoms with E-state index < -0.39 is 0 Å². The summed E-state index contributed by atoms with van der Waals surface area (Å²) in [5.74, 6) is -0.0776. The van der Waals surface area contributed by atoms with Crippen LogP contribution in [0.4, 0.5) is 11.4 Å². The van der Waals surface area contributed by atoms with E-state index in [2.05, 4.69) is 10.6 Å². The van der Waals surface area contributed by atoms with Gasteiger partial charge in [-0.3, -0.25) is 4.79 Å². The Hall–Kier alpha value is -2.80. The zero-order valence-electron chi connectivity index (χ0n) is 11.9. The van der Waals surface area contributed by atoms with Crippen molar-refractivity contribution in [2.45, 2.75) is 13.3 Å². The maximum absolute atomic E-state index is 11.9. The third-order valence-corrected chi connectivity index (χ3v) is 3.09. The van der Waals surface area contributed by atoms with Gasteiger partial charge in [-0.05, 0) is 36.8 Å². The second-order valence-electron chi connectivity index (χ2n) is 4.73. The maximum Gasteiger partial charge on any atom is 0.226 e. The standard InChI is InChI=1S/C17H17N3O/c1-13-5-2-3-8-16(13)19-10-9-17(21)20-15-7-4-6-14(11-15)12-18/h2-8,11,19H,9-10H2,1H3,(H,20,21). The quantitative estimate of drug-likeness (QED) is 0.882. The Labute approximate surface area is 124 Å². The van der Waals surface area contributed by atoms with Gasteiger partial charge in [0.25, 0.3) is 0 Å². The van der Waals surface area contributed by atoms with E-state index in [1.165, 1.54) is 0 Å². The molecule has 0 fully saturated rings. The van der Waals surface area contributed by atoms with Crippen LogP contribution in [0.2, 0.25) is 0 Å². The second-order valence-corrected chi connectivity index (χ2v) is 4.73. The van der Waals surface area contributed by atoms with Gasteiger partial charge >= 0.3 is 0 Å². The molecule has 106 valence electrons. The molecule has 0 saturated carbocycles. The number of nitrogens with zero attached hydrogens (tertiary/aromatic N) is 1. The Balaban J connectivity index is 1.83. The lowest BCUT2D eigenvalue weighted by Crippen LogP contribution is -2.16. The van der Waals surface area contributed by atoms with Crippen molar-refractivity contribution in [3.05, 3.63) is 59.7 Å². The number of amides is 1. The highest BCUT2D eigenvalue weighted by Crippen LogP contribution is 2.13. The number of rotatable bonds is 5. The average molecular weight is 279 g/mol. The fourth-order valence-corrected chi connectivity index (χ4v) is 1.97. The van der Waals surface area contributed by atoms with Crippen molar-refractivity contribution in [1.82, 2.24) is 0 Å². The lowest BCUT2D eigenvalue weighted by molar-refractivity contribution is -0.115. The normalized spacial score (nSPS) is 9.71. The van der Waals surface area contributed by atoms with Crippen molar-refractivity contribution in [2.75, 3.05) is 17.2 Å². The van der Waals surface area contributed by atoms with Crippen molar-refractivity contribution in [3.8, 4) is 6.07 Å². The summed E-state index contributed by atoms with van der Waals surface area (Å²) in [5, 5.41) is 14.8. The average Bonchev–Trinajstić information content (AvgIpc) is 2.49. The molecule has 4 heteroatoms. The van der Waals surface area contributed by atoms with Crippen molar-refractivity contribution in [3.63, 3.8) is 0 Å². The number of anilines is 2. The van der Waals surface area contributed by atoms with Crippen LogP contribution in [0.15, 0.2) is 48.5 Å². The minimum atomic E-state index is -0.0776. The van der Waals surface area contributed by atoms with Crippen LogP contribution in [0.25, 0.3) is 0 Å². The van der Waals surface area contributed by atoms with E-state index in [0.29, 0.717) is 24.2 Å². The Morgan fingerprint density at radius 3 is 2.76 bits per heavy atom. The summed E-state index contributed by atoms with van der Waals surface area (Å²) in [6, 6.07) is 16.9. The summed E-state index contributed by atoms with van der Waals surface area (Å²) in [6.07, 6.45) is 0.366. The second kappa shape index (κ2) is 7.11. The van der Waals surface area contributed by atoms with Crippen LogP contribution in [0.5, 0.6) is 0 Å². The SMILES string of the molecule is Cc1ccccc1NCCC(=O)Nc1cccc(C#N)c1. The van der Waals surface area contributed by atoms with E-state index in [-0.39, 0.29) is 5.91 Å². The van der Waals surface area contributed by atoms with Crippen molar-refractivity contribution in [1.29, 1.82) is 5.26 Å². The zero-order valence-corrected chi connectivity index (χ0v) is 11.9. The van der Waals surface area contributed by atoms with Gasteiger partial charge in [-0.15, -0.1) is 0 Å². The van der Waals surface area contributed by atoms with Gasteiger partial charge in [-0.25, -0.2) is 0 Å². The smallest absolute Gasteiger partial charge is 0.226 e. The van der Waals surface area contributed by atoms with Crippen molar-refractivity contribution in [2.24, 2.45) is 0 Å². The Morgan fingerprint density at radius 1 is 1.19 bits per heavy atom. The molecule has 0 aliphatic carbocycles. The minimum Gasteiger partial charge on any atom is -0.384 e. The molecule has 4 nitrogen and oxygen atoms in total. The molecule has 2 N–H and O–H groups in total. The van der Waals surface area contributed by atoms with Gasteiger partial charge in [-0.1, -0.05) is 24.3 Å². The van der Waals surface area contributed by atoms with Crippen LogP contribution >= 0.6 is 0 Å². The van der Waals surface area contributed by atoms with Crippen LogP contribution in [0, 0.1) is 18.3 Å². The molecule has 2 aromatic rings. The minimum absolute atomic E-state index is 0.0776. The third-order valence-electron chi connectivity index (χ3n) is 3.09. The molecule has 0 atom stereocenters. The van der Waals surface area contributed by atoms with Crippen LogP contribution in [-0.2, 0) is 4.79 Å². The number of nitrogens with one attached hydrogen (secondary N) is 2. The molecule has 0 aliphatic heterocycles. The topological polar surface area (TPSA) is 64.9 Å². The monoisotopic (exact) mass is 279 g/mol. The number of para-hydroxylation sites is 1. The van der Waals surface area contributed by atoms with E-state index in [1.807, 2.05) is 37.3 Å². The van der Waals surface area contributed by atoms with Crippen molar-refractivity contribution < 1.29 is 4.79 Å². The van der Waals surface area contributed by atoms with E-state index in [0.717, 1.165) is 11.3 Å². The Kier molecular flexibility index (Phi) is 4.94. The van der Waals surface area contributed by atoms with Gasteiger partial charge in [0.05, 0.1) is 11.6 Å². The Bertz CT molecular complexity index is 674. The van der Waals surface area contributed by atoms with E-state index in [9.17, 15) is 4.79 Å². The first-order valence-corrected chi connectivity index (χ1v) is 6.78. The summed E-state index contributed by atoms with van der Waals surface area (Å²) in [5.41, 5.74) is 3.37. The van der Waals surface area contributed by atoms with Crippen LogP contribution in [-0.4, -0.2) is 12.5 Å². The van der Waals surface area contributed by atoms with Gasteiger partial charge in [0.2, 0.25) is 5.91 Å². The fraction of sp³-hybridized carbons (Fsp3) is 0.176. The van der Waals surface area contributed by atoms with Crippen molar-refractivity contribution >= 4 is 17.3 Å². The number of benzene rings is 2. The predicted octanol–water partition coefficient (Wildman–Crippen LogP) is 3.31. The molecule has 0 saturated heterocycles.